The van der Waals surface area contributed by atoms with Gasteiger partial charge in [-0.15, -0.1) is 0 Å². The van der Waals surface area contributed by atoms with Gasteiger partial charge in [-0.25, -0.2) is 4.98 Å². The van der Waals surface area contributed by atoms with Gasteiger partial charge in [-0.1, -0.05) is 6.07 Å². The minimum absolute atomic E-state index is 0.386. The molecule has 0 aliphatic carbocycles. The Labute approximate surface area is 65.7 Å². The van der Waals surface area contributed by atoms with E-state index in [0.717, 1.165) is 12.1 Å². The number of anilines is 1. The molecule has 0 radical (unpaired) electrons. The zero-order chi connectivity index (χ0) is 8.10. The van der Waals surface area contributed by atoms with E-state index >= 15 is 0 Å². The zero-order valence-corrected chi connectivity index (χ0v) is 6.40. The highest BCUT2D eigenvalue weighted by atomic mass is 16.1. The van der Waals surface area contributed by atoms with Crippen LogP contribution < -0.4 is 4.90 Å². The van der Waals surface area contributed by atoms with Gasteiger partial charge in [0.2, 0.25) is 0 Å². The minimum Gasteiger partial charge on any atom is -0.353 e. The van der Waals surface area contributed by atoms with Crippen molar-refractivity contribution in [2.45, 2.75) is 0 Å². The van der Waals surface area contributed by atoms with Gasteiger partial charge in [0.15, 0.2) is 0 Å². The van der Waals surface area contributed by atoms with Crippen LogP contribution in [0.1, 0.15) is 0 Å². The van der Waals surface area contributed by atoms with E-state index in [0.29, 0.717) is 6.54 Å². The highest BCUT2D eigenvalue weighted by Gasteiger charge is 1.97. The maximum atomic E-state index is 10.1. The highest BCUT2D eigenvalue weighted by Crippen LogP contribution is 2.04. The van der Waals surface area contributed by atoms with E-state index < -0.39 is 0 Å². The largest absolute Gasteiger partial charge is 0.353 e. The fourth-order valence-corrected chi connectivity index (χ4v) is 0.785. The SMILES string of the molecule is CN(CC=O)c1ccccn1. The molecule has 0 atom stereocenters. The van der Waals surface area contributed by atoms with Gasteiger partial charge >= 0.3 is 0 Å². The molecule has 0 saturated carbocycles. The van der Waals surface area contributed by atoms with E-state index in [1.807, 2.05) is 25.2 Å². The van der Waals surface area contributed by atoms with E-state index in [-0.39, 0.29) is 0 Å². The average molecular weight is 150 g/mol. The van der Waals surface area contributed by atoms with Crippen molar-refractivity contribution in [3.63, 3.8) is 0 Å². The van der Waals surface area contributed by atoms with E-state index in [4.69, 9.17) is 0 Å². The minimum atomic E-state index is 0.386. The fraction of sp³-hybridized carbons (Fsp3) is 0.250. The first-order chi connectivity index (χ1) is 5.34. The first-order valence-electron chi connectivity index (χ1n) is 3.40. The molecule has 0 amide bonds. The number of carbonyl (C=O) groups excluding carboxylic acids is 1. The molecule has 3 heteroatoms. The molecule has 0 aromatic carbocycles. The highest BCUT2D eigenvalue weighted by molar-refractivity contribution is 5.58. The van der Waals surface area contributed by atoms with E-state index in [1.54, 1.807) is 11.1 Å². The molecule has 0 aliphatic heterocycles. The molecule has 1 aromatic rings. The second-order valence-corrected chi connectivity index (χ2v) is 2.24. The third kappa shape index (κ3) is 2.04. The number of carbonyl (C=O) groups is 1. The van der Waals surface area contributed by atoms with Crippen LogP contribution in [0.4, 0.5) is 5.82 Å². The Bertz CT molecular complexity index is 223. The molecule has 0 saturated heterocycles. The fourth-order valence-electron chi connectivity index (χ4n) is 0.785. The summed E-state index contributed by atoms with van der Waals surface area (Å²) >= 11 is 0. The first-order valence-corrected chi connectivity index (χ1v) is 3.40. The molecule has 0 fully saturated rings. The van der Waals surface area contributed by atoms with Crippen molar-refractivity contribution >= 4 is 12.1 Å². The van der Waals surface area contributed by atoms with Crippen LogP contribution in [0.3, 0.4) is 0 Å². The summed E-state index contributed by atoms with van der Waals surface area (Å²) in [6, 6.07) is 5.60. The summed E-state index contributed by atoms with van der Waals surface area (Å²) in [6.45, 7) is 0.386. The predicted molar refractivity (Wildman–Crippen MR) is 43.6 cm³/mol. The van der Waals surface area contributed by atoms with Crippen molar-refractivity contribution in [2.75, 3.05) is 18.5 Å². The molecule has 3 nitrogen and oxygen atoms in total. The summed E-state index contributed by atoms with van der Waals surface area (Å²) < 4.78 is 0. The molecule has 0 spiro atoms. The summed E-state index contributed by atoms with van der Waals surface area (Å²) in [5, 5.41) is 0. The monoisotopic (exact) mass is 150 g/mol. The molecule has 1 heterocycles. The topological polar surface area (TPSA) is 33.2 Å². The third-order valence-corrected chi connectivity index (χ3v) is 1.39. The third-order valence-electron chi connectivity index (χ3n) is 1.39. The summed E-state index contributed by atoms with van der Waals surface area (Å²) in [5.41, 5.74) is 0. The molecule has 0 unspecified atom stereocenters. The smallest absolute Gasteiger partial charge is 0.139 e. The second kappa shape index (κ2) is 3.71. The molecule has 0 N–H and O–H groups in total. The summed E-state index contributed by atoms with van der Waals surface area (Å²) in [7, 11) is 1.83. The maximum absolute atomic E-state index is 10.1. The Balaban J connectivity index is 2.68. The second-order valence-electron chi connectivity index (χ2n) is 2.24. The van der Waals surface area contributed by atoms with Crippen molar-refractivity contribution in [3.8, 4) is 0 Å². The Hall–Kier alpha value is -1.38. The van der Waals surface area contributed by atoms with Gasteiger partial charge in [0.1, 0.15) is 12.1 Å². The Kier molecular flexibility index (Phi) is 2.60. The molecule has 1 aromatic heterocycles. The lowest BCUT2D eigenvalue weighted by Gasteiger charge is -2.13. The number of hydrogen-bond acceptors (Lipinski definition) is 3. The number of aldehydes is 1. The molecular weight excluding hydrogens is 140 g/mol. The van der Waals surface area contributed by atoms with Crippen molar-refractivity contribution in [3.05, 3.63) is 24.4 Å². The van der Waals surface area contributed by atoms with Crippen LogP contribution in [0.25, 0.3) is 0 Å². The molecule has 0 aliphatic rings. The van der Waals surface area contributed by atoms with E-state index in [2.05, 4.69) is 4.98 Å². The normalized spacial score (nSPS) is 9.18. The maximum Gasteiger partial charge on any atom is 0.139 e. The van der Waals surface area contributed by atoms with Crippen molar-refractivity contribution in [1.29, 1.82) is 0 Å². The molecular formula is C8H10N2O. The van der Waals surface area contributed by atoms with Gasteiger partial charge in [0, 0.05) is 13.2 Å². The van der Waals surface area contributed by atoms with Gasteiger partial charge in [-0.2, -0.15) is 0 Å². The predicted octanol–water partition coefficient (Wildman–Crippen LogP) is 0.717. The van der Waals surface area contributed by atoms with Crippen molar-refractivity contribution in [1.82, 2.24) is 4.98 Å². The first kappa shape index (κ1) is 7.72. The van der Waals surface area contributed by atoms with Crippen LogP contribution in [-0.4, -0.2) is 24.9 Å². The van der Waals surface area contributed by atoms with Gasteiger partial charge in [0.25, 0.3) is 0 Å². The molecule has 1 rings (SSSR count). The number of hydrogen-bond donors (Lipinski definition) is 0. The van der Waals surface area contributed by atoms with Crippen LogP contribution in [0.5, 0.6) is 0 Å². The Morgan fingerprint density at radius 2 is 2.45 bits per heavy atom. The van der Waals surface area contributed by atoms with Crippen molar-refractivity contribution < 1.29 is 4.79 Å². The lowest BCUT2D eigenvalue weighted by molar-refractivity contribution is -0.106. The van der Waals surface area contributed by atoms with Gasteiger partial charge in [0.05, 0.1) is 6.54 Å². The number of aromatic nitrogens is 1. The van der Waals surface area contributed by atoms with Gasteiger partial charge < -0.3 is 9.69 Å². The van der Waals surface area contributed by atoms with Crippen LogP contribution in [0.15, 0.2) is 24.4 Å². The number of pyridine rings is 1. The molecule has 0 bridgehead atoms. The van der Waals surface area contributed by atoms with Crippen LogP contribution in [0.2, 0.25) is 0 Å². The number of rotatable bonds is 3. The Morgan fingerprint density at radius 3 is 3.00 bits per heavy atom. The molecule has 11 heavy (non-hydrogen) atoms. The van der Waals surface area contributed by atoms with Crippen LogP contribution in [-0.2, 0) is 4.79 Å². The molecule has 58 valence electrons. The van der Waals surface area contributed by atoms with Crippen molar-refractivity contribution in [2.24, 2.45) is 0 Å². The Morgan fingerprint density at radius 1 is 1.64 bits per heavy atom. The number of nitrogens with zero attached hydrogens (tertiary/aromatic N) is 2. The summed E-state index contributed by atoms with van der Waals surface area (Å²) in [4.78, 5) is 16.0. The average Bonchev–Trinajstić information content (AvgIpc) is 2.07. The van der Waals surface area contributed by atoms with E-state index in [9.17, 15) is 4.79 Å². The van der Waals surface area contributed by atoms with Crippen LogP contribution >= 0.6 is 0 Å². The number of likely N-dealkylation sites (N-methyl/N-ethyl adjacent to an activating group) is 1. The summed E-state index contributed by atoms with van der Waals surface area (Å²) in [6.07, 6.45) is 2.56. The lowest BCUT2D eigenvalue weighted by atomic mass is 10.4. The van der Waals surface area contributed by atoms with E-state index in [1.165, 1.54) is 0 Å². The quantitative estimate of drug-likeness (QED) is 0.595. The lowest BCUT2D eigenvalue weighted by Crippen LogP contribution is -2.20. The van der Waals surface area contributed by atoms with Gasteiger partial charge in [-0.3, -0.25) is 0 Å². The standard InChI is InChI=1S/C8H10N2O/c1-10(6-7-11)8-4-2-3-5-9-8/h2-5,7H,6H2,1H3. The van der Waals surface area contributed by atoms with Crippen LogP contribution in [0, 0.1) is 0 Å². The van der Waals surface area contributed by atoms with Gasteiger partial charge in [-0.05, 0) is 12.1 Å². The zero-order valence-electron chi connectivity index (χ0n) is 6.40. The summed E-state index contributed by atoms with van der Waals surface area (Å²) in [5.74, 6) is 0.819.